The Morgan fingerprint density at radius 1 is 1.00 bits per heavy atom. The molecule has 0 aromatic heterocycles. The van der Waals surface area contributed by atoms with Crippen LogP contribution in [0.3, 0.4) is 0 Å². The van der Waals surface area contributed by atoms with Crippen molar-refractivity contribution in [3.63, 3.8) is 0 Å². The minimum Gasteiger partial charge on any atom is -0.493 e. The van der Waals surface area contributed by atoms with Crippen LogP contribution < -0.4 is 25.0 Å². The summed E-state index contributed by atoms with van der Waals surface area (Å²) in [6.07, 6.45) is 1.29. The zero-order valence-corrected chi connectivity index (χ0v) is 14.9. The fourth-order valence-corrected chi connectivity index (χ4v) is 2.13. The fourth-order valence-electron chi connectivity index (χ4n) is 2.13. The number of para-hydroxylation sites is 1. The van der Waals surface area contributed by atoms with Gasteiger partial charge in [0, 0.05) is 5.56 Å². The average molecular weight is 375 g/mol. The van der Waals surface area contributed by atoms with E-state index in [0.717, 1.165) is 6.07 Å². The molecule has 8 nitrogen and oxygen atoms in total. The van der Waals surface area contributed by atoms with Crippen LogP contribution in [-0.4, -0.2) is 39.4 Å². The maximum Gasteiger partial charge on any atom is 0.329 e. The predicted molar refractivity (Wildman–Crippen MR) is 96.9 cm³/mol. The van der Waals surface area contributed by atoms with Crippen LogP contribution in [0.4, 0.5) is 10.1 Å². The second kappa shape index (κ2) is 9.18. The first-order chi connectivity index (χ1) is 13.0. The van der Waals surface area contributed by atoms with E-state index in [1.54, 1.807) is 12.1 Å². The van der Waals surface area contributed by atoms with Crippen molar-refractivity contribution in [1.82, 2.24) is 5.43 Å². The Hall–Kier alpha value is -3.62. The number of hydrogen-bond donors (Lipinski definition) is 2. The molecule has 0 saturated carbocycles. The molecular weight excluding hydrogens is 357 g/mol. The summed E-state index contributed by atoms with van der Waals surface area (Å²) in [6, 6.07) is 8.70. The van der Waals surface area contributed by atoms with Crippen LogP contribution >= 0.6 is 0 Å². The Morgan fingerprint density at radius 3 is 2.19 bits per heavy atom. The Morgan fingerprint density at radius 2 is 1.63 bits per heavy atom. The van der Waals surface area contributed by atoms with Crippen LogP contribution in [0, 0.1) is 5.82 Å². The number of halogens is 1. The summed E-state index contributed by atoms with van der Waals surface area (Å²) in [5.74, 6) is -1.54. The molecule has 0 aliphatic heterocycles. The quantitative estimate of drug-likeness (QED) is 0.457. The number of hydrogen-bond acceptors (Lipinski definition) is 6. The number of methoxy groups -OCH3 is 3. The third kappa shape index (κ3) is 4.94. The maximum absolute atomic E-state index is 13.5. The second-order valence-electron chi connectivity index (χ2n) is 5.09. The molecule has 0 aliphatic carbocycles. The molecule has 2 N–H and O–H groups in total. The molecule has 27 heavy (non-hydrogen) atoms. The Labute approximate surface area is 154 Å². The molecule has 0 radical (unpaired) electrons. The number of rotatable bonds is 6. The van der Waals surface area contributed by atoms with Gasteiger partial charge in [-0.2, -0.15) is 5.10 Å². The van der Waals surface area contributed by atoms with Gasteiger partial charge in [0.05, 0.1) is 33.2 Å². The first-order valence-electron chi connectivity index (χ1n) is 7.69. The van der Waals surface area contributed by atoms with Crippen molar-refractivity contribution in [2.24, 2.45) is 5.10 Å². The molecule has 0 saturated heterocycles. The molecule has 2 rings (SSSR count). The largest absolute Gasteiger partial charge is 0.493 e. The van der Waals surface area contributed by atoms with Gasteiger partial charge in [-0.1, -0.05) is 12.1 Å². The van der Waals surface area contributed by atoms with Crippen LogP contribution in [-0.2, 0) is 9.59 Å². The lowest BCUT2D eigenvalue weighted by Crippen LogP contribution is -2.32. The predicted octanol–water partition coefficient (Wildman–Crippen LogP) is 1.94. The van der Waals surface area contributed by atoms with Crippen molar-refractivity contribution >= 4 is 23.7 Å². The third-order valence-corrected chi connectivity index (χ3v) is 3.40. The molecule has 0 fully saturated rings. The minimum absolute atomic E-state index is 0.105. The Kier molecular flexibility index (Phi) is 6.70. The van der Waals surface area contributed by atoms with E-state index in [9.17, 15) is 14.0 Å². The van der Waals surface area contributed by atoms with Gasteiger partial charge in [-0.05, 0) is 24.3 Å². The van der Waals surface area contributed by atoms with E-state index in [-0.39, 0.29) is 5.69 Å². The number of amides is 2. The van der Waals surface area contributed by atoms with E-state index in [1.165, 1.54) is 45.7 Å². The lowest BCUT2D eigenvalue weighted by molar-refractivity contribution is -0.136. The van der Waals surface area contributed by atoms with Gasteiger partial charge >= 0.3 is 11.8 Å². The SMILES string of the molecule is COc1cc(C=NNC(=O)C(=O)Nc2ccccc2F)cc(OC)c1OC. The van der Waals surface area contributed by atoms with E-state index >= 15 is 0 Å². The Bertz CT molecular complexity index is 845. The van der Waals surface area contributed by atoms with E-state index < -0.39 is 17.6 Å². The zero-order chi connectivity index (χ0) is 19.8. The molecule has 0 atom stereocenters. The van der Waals surface area contributed by atoms with Crippen LogP contribution in [0.2, 0.25) is 0 Å². The molecule has 2 aromatic carbocycles. The summed E-state index contributed by atoms with van der Waals surface area (Å²) < 4.78 is 29.1. The lowest BCUT2D eigenvalue weighted by Gasteiger charge is -2.12. The van der Waals surface area contributed by atoms with Crippen molar-refractivity contribution in [2.75, 3.05) is 26.6 Å². The number of benzene rings is 2. The monoisotopic (exact) mass is 375 g/mol. The number of nitrogens with one attached hydrogen (secondary N) is 2. The highest BCUT2D eigenvalue weighted by Gasteiger charge is 2.15. The summed E-state index contributed by atoms with van der Waals surface area (Å²) in [5, 5.41) is 5.86. The van der Waals surface area contributed by atoms with Gasteiger partial charge in [-0.3, -0.25) is 9.59 Å². The van der Waals surface area contributed by atoms with Gasteiger partial charge in [0.25, 0.3) is 0 Å². The number of ether oxygens (including phenoxy) is 3. The summed E-state index contributed by atoms with van der Waals surface area (Å²) in [5.41, 5.74) is 2.48. The van der Waals surface area contributed by atoms with E-state index in [1.807, 2.05) is 0 Å². The third-order valence-electron chi connectivity index (χ3n) is 3.40. The smallest absolute Gasteiger partial charge is 0.329 e. The molecule has 2 amide bonds. The Balaban J connectivity index is 2.05. The van der Waals surface area contributed by atoms with Crippen molar-refractivity contribution in [1.29, 1.82) is 0 Å². The van der Waals surface area contributed by atoms with Crippen LogP contribution in [0.5, 0.6) is 17.2 Å². The standard InChI is InChI=1S/C18H18FN3O5/c1-25-14-8-11(9-15(26-2)16(14)27-3)10-20-22-18(24)17(23)21-13-7-5-4-6-12(13)19/h4-10H,1-3H3,(H,21,23)(H,22,24). The molecule has 9 heteroatoms. The average Bonchev–Trinajstić information content (AvgIpc) is 2.68. The molecule has 0 heterocycles. The zero-order valence-electron chi connectivity index (χ0n) is 14.9. The highest BCUT2D eigenvalue weighted by molar-refractivity contribution is 6.39. The second-order valence-corrected chi connectivity index (χ2v) is 5.09. The van der Waals surface area contributed by atoms with Gasteiger partial charge in [0.15, 0.2) is 11.5 Å². The highest BCUT2D eigenvalue weighted by Crippen LogP contribution is 2.37. The minimum atomic E-state index is -1.05. The number of nitrogens with zero attached hydrogens (tertiary/aromatic N) is 1. The van der Waals surface area contributed by atoms with Crippen molar-refractivity contribution in [2.45, 2.75) is 0 Å². The van der Waals surface area contributed by atoms with Gasteiger partial charge in [-0.25, -0.2) is 9.82 Å². The first kappa shape index (κ1) is 19.7. The van der Waals surface area contributed by atoms with E-state index in [4.69, 9.17) is 14.2 Å². The highest BCUT2D eigenvalue weighted by atomic mass is 19.1. The number of hydrazone groups is 1. The van der Waals surface area contributed by atoms with Gasteiger partial charge < -0.3 is 19.5 Å². The summed E-state index contributed by atoms with van der Waals surface area (Å²) in [7, 11) is 4.41. The van der Waals surface area contributed by atoms with Crippen LogP contribution in [0.1, 0.15) is 5.56 Å². The van der Waals surface area contributed by atoms with Gasteiger partial charge in [-0.15, -0.1) is 0 Å². The van der Waals surface area contributed by atoms with Crippen molar-refractivity contribution in [3.05, 3.63) is 47.8 Å². The van der Waals surface area contributed by atoms with Gasteiger partial charge in [0.2, 0.25) is 5.75 Å². The molecule has 0 spiro atoms. The molecule has 2 aromatic rings. The molecule has 142 valence electrons. The maximum atomic E-state index is 13.5. The van der Waals surface area contributed by atoms with Crippen LogP contribution in [0.25, 0.3) is 0 Å². The van der Waals surface area contributed by atoms with Crippen molar-refractivity contribution in [3.8, 4) is 17.2 Å². The number of carbonyl (C=O) groups is 2. The molecule has 0 aliphatic rings. The van der Waals surface area contributed by atoms with E-state index in [2.05, 4.69) is 15.8 Å². The summed E-state index contributed by atoms with van der Waals surface area (Å²) >= 11 is 0. The van der Waals surface area contributed by atoms with Crippen LogP contribution in [0.15, 0.2) is 41.5 Å². The number of carbonyl (C=O) groups excluding carboxylic acids is 2. The first-order valence-corrected chi connectivity index (χ1v) is 7.69. The van der Waals surface area contributed by atoms with Crippen molar-refractivity contribution < 1.29 is 28.2 Å². The van der Waals surface area contributed by atoms with Gasteiger partial charge in [0.1, 0.15) is 5.82 Å². The number of anilines is 1. The topological polar surface area (TPSA) is 98.2 Å². The normalized spacial score (nSPS) is 10.4. The molecule has 0 bridgehead atoms. The summed E-state index contributed by atoms with van der Waals surface area (Å²) in [4.78, 5) is 23.5. The lowest BCUT2D eigenvalue weighted by atomic mass is 10.2. The molecular formula is C18H18FN3O5. The fraction of sp³-hybridized carbons (Fsp3) is 0.167. The summed E-state index contributed by atoms with van der Waals surface area (Å²) in [6.45, 7) is 0. The molecule has 0 unspecified atom stereocenters. The van der Waals surface area contributed by atoms with E-state index in [0.29, 0.717) is 22.8 Å².